The van der Waals surface area contributed by atoms with Crippen LogP contribution in [-0.2, 0) is 29.1 Å². The first-order valence-electron chi connectivity index (χ1n) is 10.2. The minimum Gasteiger partial charge on any atom is -0.452 e. The quantitative estimate of drug-likeness (QED) is 0.484. The van der Waals surface area contributed by atoms with Crippen LogP contribution in [0.15, 0.2) is 58.3 Å². The first-order valence-corrected chi connectivity index (χ1v) is 12.6. The maximum Gasteiger partial charge on any atom is 0.308 e. The molecule has 2 aromatic rings. The van der Waals surface area contributed by atoms with E-state index in [1.807, 2.05) is 18.2 Å². The molecule has 2 aromatic carbocycles. The molecular formula is C22H25N3O6S2. The van der Waals surface area contributed by atoms with Crippen LogP contribution in [0.5, 0.6) is 0 Å². The van der Waals surface area contributed by atoms with Crippen molar-refractivity contribution in [2.24, 2.45) is 0 Å². The van der Waals surface area contributed by atoms with Crippen LogP contribution in [0.2, 0.25) is 0 Å². The van der Waals surface area contributed by atoms with Crippen LogP contribution in [0.4, 0.5) is 11.4 Å². The zero-order valence-corrected chi connectivity index (χ0v) is 20.0. The van der Waals surface area contributed by atoms with E-state index in [-0.39, 0.29) is 23.3 Å². The van der Waals surface area contributed by atoms with Gasteiger partial charge in [-0.15, -0.1) is 11.8 Å². The molecule has 0 spiro atoms. The lowest BCUT2D eigenvalue weighted by atomic mass is 10.2. The van der Waals surface area contributed by atoms with Crippen LogP contribution in [0.1, 0.15) is 27.2 Å². The molecule has 0 fully saturated rings. The third-order valence-corrected chi connectivity index (χ3v) is 7.51. The number of rotatable bonds is 8. The van der Waals surface area contributed by atoms with Gasteiger partial charge in [-0.25, -0.2) is 13.1 Å². The van der Waals surface area contributed by atoms with Gasteiger partial charge in [0, 0.05) is 16.6 Å². The first kappa shape index (κ1) is 24.7. The highest BCUT2D eigenvalue weighted by Gasteiger charge is 2.30. The number of esters is 1. The van der Waals surface area contributed by atoms with Crippen LogP contribution in [-0.4, -0.2) is 43.6 Å². The zero-order valence-electron chi connectivity index (χ0n) is 18.3. The second kappa shape index (κ2) is 10.4. The van der Waals surface area contributed by atoms with Crippen molar-refractivity contribution in [1.82, 2.24) is 4.72 Å². The Labute approximate surface area is 196 Å². The van der Waals surface area contributed by atoms with E-state index in [1.54, 1.807) is 19.9 Å². The topological polar surface area (TPSA) is 131 Å². The average molecular weight is 492 g/mol. The number of hydrogen-bond acceptors (Lipinski definition) is 7. The fourth-order valence-corrected chi connectivity index (χ4v) is 5.36. The Bertz CT molecular complexity index is 1150. The molecule has 0 saturated heterocycles. The van der Waals surface area contributed by atoms with E-state index in [0.29, 0.717) is 11.4 Å². The third-order valence-electron chi connectivity index (χ3n) is 4.56. The number of carbonyl (C=O) groups excluding carboxylic acids is 3. The van der Waals surface area contributed by atoms with E-state index in [4.69, 9.17) is 4.74 Å². The molecule has 0 unspecified atom stereocenters. The van der Waals surface area contributed by atoms with Crippen molar-refractivity contribution in [3.8, 4) is 0 Å². The lowest BCUT2D eigenvalue weighted by Gasteiger charge is -2.23. The van der Waals surface area contributed by atoms with Crippen molar-refractivity contribution in [2.75, 3.05) is 10.6 Å². The molecule has 176 valence electrons. The Kier molecular flexibility index (Phi) is 7.77. The van der Waals surface area contributed by atoms with Gasteiger partial charge >= 0.3 is 5.97 Å². The molecule has 11 heteroatoms. The monoisotopic (exact) mass is 491 g/mol. The number of para-hydroxylation sites is 1. The number of fused-ring (bicyclic) bond motifs is 1. The molecule has 1 aliphatic rings. The largest absolute Gasteiger partial charge is 0.452 e. The molecule has 2 atom stereocenters. The summed E-state index contributed by atoms with van der Waals surface area (Å²) in [5.41, 5.74) is 1.05. The van der Waals surface area contributed by atoms with Gasteiger partial charge in [-0.2, -0.15) is 0 Å². The predicted octanol–water partition coefficient (Wildman–Crippen LogP) is 2.75. The van der Waals surface area contributed by atoms with E-state index in [2.05, 4.69) is 15.4 Å². The summed E-state index contributed by atoms with van der Waals surface area (Å²) in [4.78, 5) is 37.9. The van der Waals surface area contributed by atoms with Crippen LogP contribution in [0, 0.1) is 0 Å². The Morgan fingerprint density at radius 1 is 1.09 bits per heavy atom. The van der Waals surface area contributed by atoms with Crippen molar-refractivity contribution >= 4 is 50.9 Å². The predicted molar refractivity (Wildman–Crippen MR) is 125 cm³/mol. The molecule has 3 rings (SSSR count). The lowest BCUT2D eigenvalue weighted by Crippen LogP contribution is -2.34. The summed E-state index contributed by atoms with van der Waals surface area (Å²) in [6.45, 7) is 4.85. The van der Waals surface area contributed by atoms with Gasteiger partial charge in [0.1, 0.15) is 0 Å². The van der Waals surface area contributed by atoms with Gasteiger partial charge in [0.25, 0.3) is 5.91 Å². The number of thioether (sulfide) groups is 1. The summed E-state index contributed by atoms with van der Waals surface area (Å²) in [5.74, 6) is -1.55. The number of amides is 2. The van der Waals surface area contributed by atoms with Crippen LogP contribution >= 0.6 is 11.8 Å². The number of benzene rings is 2. The van der Waals surface area contributed by atoms with Gasteiger partial charge in [0.05, 0.1) is 22.3 Å². The van der Waals surface area contributed by atoms with E-state index < -0.39 is 33.3 Å². The van der Waals surface area contributed by atoms with E-state index >= 15 is 0 Å². The molecule has 0 aromatic heterocycles. The van der Waals surface area contributed by atoms with E-state index in [0.717, 1.165) is 4.90 Å². The normalized spacial score (nSPS) is 16.5. The maximum atomic E-state index is 12.4. The number of ether oxygens (including phenoxy) is 1. The molecule has 0 radical (unpaired) electrons. The number of carbonyl (C=O) groups is 3. The molecule has 3 N–H and O–H groups in total. The van der Waals surface area contributed by atoms with Crippen molar-refractivity contribution < 1.29 is 27.5 Å². The summed E-state index contributed by atoms with van der Waals surface area (Å²) >= 11 is 1.27. The van der Waals surface area contributed by atoms with E-state index in [9.17, 15) is 22.8 Å². The SMILES string of the molecule is CC(C)NS(=O)(=O)c1ccc(NC(=O)[C@@H](C)OC(=O)C[C@H]2Sc3ccccc3NC2=O)cc1. The smallest absolute Gasteiger partial charge is 0.308 e. The van der Waals surface area contributed by atoms with Crippen molar-refractivity contribution in [2.45, 2.75) is 54.4 Å². The number of sulfonamides is 1. The molecule has 1 heterocycles. The first-order chi connectivity index (χ1) is 15.5. The second-order valence-electron chi connectivity index (χ2n) is 7.72. The Balaban J connectivity index is 1.53. The van der Waals surface area contributed by atoms with Gasteiger partial charge < -0.3 is 15.4 Å². The average Bonchev–Trinajstić information content (AvgIpc) is 2.73. The van der Waals surface area contributed by atoms with Gasteiger partial charge in [0.15, 0.2) is 6.10 Å². The number of anilines is 2. The lowest BCUT2D eigenvalue weighted by molar-refractivity contribution is -0.153. The minimum absolute atomic E-state index is 0.0681. The summed E-state index contributed by atoms with van der Waals surface area (Å²) in [6, 6.07) is 12.7. The summed E-state index contributed by atoms with van der Waals surface area (Å²) in [5, 5.41) is 4.68. The fraction of sp³-hybridized carbons (Fsp3) is 0.318. The highest BCUT2D eigenvalue weighted by molar-refractivity contribution is 8.01. The Morgan fingerprint density at radius 2 is 1.76 bits per heavy atom. The molecular weight excluding hydrogens is 466 g/mol. The Hall–Kier alpha value is -2.89. The summed E-state index contributed by atoms with van der Waals surface area (Å²) < 4.78 is 32.0. The highest BCUT2D eigenvalue weighted by Crippen LogP contribution is 2.36. The molecule has 33 heavy (non-hydrogen) atoms. The molecule has 9 nitrogen and oxygen atoms in total. The molecule has 1 aliphatic heterocycles. The standard InChI is InChI=1S/C22H25N3O6S2/c1-13(2)25-33(29,30)16-10-8-15(9-11-16)23-21(27)14(3)31-20(26)12-19-22(28)24-17-6-4-5-7-18(17)32-19/h4-11,13-14,19,25H,12H2,1-3H3,(H,23,27)(H,24,28)/t14-,19-/m1/s1. The zero-order chi connectivity index (χ0) is 24.2. The van der Waals surface area contributed by atoms with Gasteiger partial charge in [-0.05, 0) is 57.2 Å². The summed E-state index contributed by atoms with van der Waals surface area (Å²) in [7, 11) is -3.64. The van der Waals surface area contributed by atoms with Crippen molar-refractivity contribution in [3.63, 3.8) is 0 Å². The van der Waals surface area contributed by atoms with Crippen molar-refractivity contribution in [3.05, 3.63) is 48.5 Å². The van der Waals surface area contributed by atoms with Gasteiger partial charge in [0.2, 0.25) is 15.9 Å². The van der Waals surface area contributed by atoms with Crippen LogP contribution in [0.3, 0.4) is 0 Å². The maximum absolute atomic E-state index is 12.4. The molecule has 2 amide bonds. The van der Waals surface area contributed by atoms with Crippen molar-refractivity contribution in [1.29, 1.82) is 0 Å². The molecule has 0 bridgehead atoms. The fourth-order valence-electron chi connectivity index (χ4n) is 3.02. The number of hydrogen-bond donors (Lipinski definition) is 3. The van der Waals surface area contributed by atoms with Crippen LogP contribution < -0.4 is 15.4 Å². The third kappa shape index (κ3) is 6.56. The summed E-state index contributed by atoms with van der Waals surface area (Å²) in [6.07, 6.45) is -1.29. The molecule has 0 saturated carbocycles. The van der Waals surface area contributed by atoms with Gasteiger partial charge in [-0.1, -0.05) is 12.1 Å². The highest BCUT2D eigenvalue weighted by atomic mass is 32.2. The van der Waals surface area contributed by atoms with E-state index in [1.165, 1.54) is 43.0 Å². The second-order valence-corrected chi connectivity index (χ2v) is 10.7. The van der Waals surface area contributed by atoms with Crippen LogP contribution in [0.25, 0.3) is 0 Å². The minimum atomic E-state index is -3.64. The molecule has 0 aliphatic carbocycles. The van der Waals surface area contributed by atoms with Gasteiger partial charge in [-0.3, -0.25) is 14.4 Å². The number of nitrogens with one attached hydrogen (secondary N) is 3. The Morgan fingerprint density at radius 3 is 2.42 bits per heavy atom.